The van der Waals surface area contributed by atoms with Gasteiger partial charge in [0.15, 0.2) is 0 Å². The van der Waals surface area contributed by atoms with Crippen molar-refractivity contribution in [3.8, 4) is 5.75 Å². The van der Waals surface area contributed by atoms with E-state index >= 15 is 0 Å². The van der Waals surface area contributed by atoms with Crippen LogP contribution in [-0.2, 0) is 6.61 Å². The molecule has 1 aromatic carbocycles. The molecular formula is C17H15ClF2N4O2S. The minimum atomic E-state index is -2.78. The van der Waals surface area contributed by atoms with Gasteiger partial charge in [0.2, 0.25) is 11.0 Å². The molecule has 0 saturated heterocycles. The fraction of sp³-hybridized carbons (Fsp3) is 0.235. The molecule has 10 heteroatoms. The summed E-state index contributed by atoms with van der Waals surface area (Å²) in [6, 6.07) is 8.85. The lowest BCUT2D eigenvalue weighted by Crippen LogP contribution is -2.00. The molecule has 0 atom stereocenters. The van der Waals surface area contributed by atoms with Crippen LogP contribution in [0.15, 0.2) is 45.0 Å². The Hall–Kier alpha value is -2.39. The zero-order chi connectivity index (χ0) is 19.4. The maximum atomic E-state index is 13.0. The van der Waals surface area contributed by atoms with Gasteiger partial charge in [-0.25, -0.2) is 8.78 Å². The van der Waals surface area contributed by atoms with Crippen LogP contribution in [0.2, 0.25) is 5.02 Å². The molecule has 0 bridgehead atoms. The van der Waals surface area contributed by atoms with Crippen LogP contribution in [0.25, 0.3) is 0 Å². The van der Waals surface area contributed by atoms with E-state index in [1.807, 2.05) is 19.1 Å². The maximum absolute atomic E-state index is 13.0. The molecule has 0 N–H and O–H groups in total. The summed E-state index contributed by atoms with van der Waals surface area (Å²) in [4.78, 5) is 0. The van der Waals surface area contributed by atoms with Gasteiger partial charge in [-0.2, -0.15) is 9.78 Å². The lowest BCUT2D eigenvalue weighted by atomic mass is 10.2. The number of aryl methyl sites for hydroxylation is 1. The van der Waals surface area contributed by atoms with Crippen LogP contribution in [0, 0.1) is 6.92 Å². The van der Waals surface area contributed by atoms with E-state index in [4.69, 9.17) is 20.8 Å². The van der Waals surface area contributed by atoms with Crippen molar-refractivity contribution in [1.82, 2.24) is 14.9 Å². The zero-order valence-corrected chi connectivity index (χ0v) is 16.0. The number of furan rings is 1. The first kappa shape index (κ1) is 19.4. The highest BCUT2D eigenvalue weighted by Gasteiger charge is 2.19. The number of benzene rings is 1. The highest BCUT2D eigenvalue weighted by Crippen LogP contribution is 2.28. The summed E-state index contributed by atoms with van der Waals surface area (Å²) in [6.45, 7) is 2.06. The van der Waals surface area contributed by atoms with E-state index in [9.17, 15) is 8.78 Å². The van der Waals surface area contributed by atoms with Crippen LogP contribution in [0.3, 0.4) is 0 Å². The van der Waals surface area contributed by atoms with Gasteiger partial charge in [0.05, 0.1) is 11.2 Å². The fourth-order valence-corrected chi connectivity index (χ4v) is 2.96. The van der Waals surface area contributed by atoms with Crippen molar-refractivity contribution in [2.45, 2.75) is 25.1 Å². The molecule has 6 nitrogen and oxygen atoms in total. The molecular weight excluding hydrogens is 398 g/mol. The predicted molar refractivity (Wildman–Crippen MR) is 99.0 cm³/mol. The van der Waals surface area contributed by atoms with E-state index in [0.29, 0.717) is 22.3 Å². The average Bonchev–Trinajstić information content (AvgIpc) is 3.25. The normalized spacial score (nSPS) is 11.6. The standard InChI is InChI=1S/C17H15ClF2N4O2S/c1-10-4-3-5-13(18)14(10)25-9-12-7-6-11(26-12)8-21-24-16(15(19)20)22-23-17(24)27-2/h3-8,15H,9H2,1-2H3/b21-8-. The number of alkyl halides is 2. The lowest BCUT2D eigenvalue weighted by molar-refractivity contribution is 0.135. The zero-order valence-electron chi connectivity index (χ0n) is 14.4. The number of nitrogens with zero attached hydrogens (tertiary/aromatic N) is 4. The van der Waals surface area contributed by atoms with Crippen molar-refractivity contribution in [2.75, 3.05) is 6.26 Å². The molecule has 142 valence electrons. The average molecular weight is 413 g/mol. The van der Waals surface area contributed by atoms with Crippen LogP contribution in [0.5, 0.6) is 5.75 Å². The van der Waals surface area contributed by atoms with Gasteiger partial charge in [-0.1, -0.05) is 35.5 Å². The topological polar surface area (TPSA) is 65.4 Å². The number of hydrogen-bond donors (Lipinski definition) is 0. The van der Waals surface area contributed by atoms with Crippen molar-refractivity contribution >= 4 is 29.6 Å². The molecule has 27 heavy (non-hydrogen) atoms. The molecule has 0 aliphatic carbocycles. The van der Waals surface area contributed by atoms with Crippen LogP contribution in [0.1, 0.15) is 29.3 Å². The van der Waals surface area contributed by atoms with Gasteiger partial charge in [0, 0.05) is 0 Å². The molecule has 0 spiro atoms. The van der Waals surface area contributed by atoms with E-state index in [0.717, 1.165) is 22.0 Å². The minimum absolute atomic E-state index is 0.170. The molecule has 0 fully saturated rings. The Balaban J connectivity index is 1.72. The van der Waals surface area contributed by atoms with Gasteiger partial charge in [0.1, 0.15) is 23.9 Å². The second-order valence-electron chi connectivity index (χ2n) is 5.38. The highest BCUT2D eigenvalue weighted by molar-refractivity contribution is 7.98. The summed E-state index contributed by atoms with van der Waals surface area (Å²) in [5, 5.41) is 11.9. The number of thioether (sulfide) groups is 1. The van der Waals surface area contributed by atoms with Gasteiger partial charge in [-0.15, -0.1) is 10.2 Å². The predicted octanol–water partition coefficient (Wildman–Crippen LogP) is 4.95. The Bertz CT molecular complexity index is 938. The molecule has 0 unspecified atom stereocenters. The number of para-hydroxylation sites is 1. The molecule has 0 amide bonds. The number of rotatable bonds is 7. The summed E-state index contributed by atoms with van der Waals surface area (Å²) >= 11 is 7.28. The van der Waals surface area contributed by atoms with Gasteiger partial charge in [-0.3, -0.25) is 0 Å². The van der Waals surface area contributed by atoms with E-state index < -0.39 is 12.2 Å². The Kier molecular flexibility index (Phi) is 6.12. The lowest BCUT2D eigenvalue weighted by Gasteiger charge is -2.09. The smallest absolute Gasteiger partial charge is 0.299 e. The molecule has 3 aromatic rings. The van der Waals surface area contributed by atoms with Gasteiger partial charge in [0.25, 0.3) is 6.43 Å². The Morgan fingerprint density at radius 2 is 2.15 bits per heavy atom. The van der Waals surface area contributed by atoms with Gasteiger partial charge >= 0.3 is 0 Å². The molecule has 2 heterocycles. The second kappa shape index (κ2) is 8.53. The number of hydrogen-bond acceptors (Lipinski definition) is 6. The number of ether oxygens (including phenoxy) is 1. The highest BCUT2D eigenvalue weighted by atomic mass is 35.5. The molecule has 2 aromatic heterocycles. The van der Waals surface area contributed by atoms with Crippen LogP contribution >= 0.6 is 23.4 Å². The van der Waals surface area contributed by atoms with E-state index in [2.05, 4.69) is 15.3 Å². The SMILES string of the molecule is CSc1nnc(C(F)F)n1/N=C\c1ccc(COc2c(C)cccc2Cl)o1. The third-order valence-electron chi connectivity index (χ3n) is 3.52. The van der Waals surface area contributed by atoms with E-state index in [1.54, 1.807) is 24.5 Å². The summed E-state index contributed by atoms with van der Waals surface area (Å²) in [5.41, 5.74) is 0.910. The molecule has 3 rings (SSSR count). The summed E-state index contributed by atoms with van der Waals surface area (Å²) < 4.78 is 38.2. The Labute approximate surface area is 163 Å². The number of halogens is 3. The maximum Gasteiger partial charge on any atom is 0.299 e. The van der Waals surface area contributed by atoms with Gasteiger partial charge < -0.3 is 9.15 Å². The van der Waals surface area contributed by atoms with Crippen LogP contribution in [-0.4, -0.2) is 27.3 Å². The third kappa shape index (κ3) is 4.48. The van der Waals surface area contributed by atoms with Crippen molar-refractivity contribution in [1.29, 1.82) is 0 Å². The van der Waals surface area contributed by atoms with E-state index in [1.165, 1.54) is 6.21 Å². The first-order valence-electron chi connectivity index (χ1n) is 7.78. The largest absolute Gasteiger partial charge is 0.484 e. The van der Waals surface area contributed by atoms with Crippen molar-refractivity contribution in [3.63, 3.8) is 0 Å². The van der Waals surface area contributed by atoms with Crippen molar-refractivity contribution in [3.05, 3.63) is 58.3 Å². The monoisotopic (exact) mass is 412 g/mol. The first-order valence-corrected chi connectivity index (χ1v) is 9.38. The fourth-order valence-electron chi connectivity index (χ4n) is 2.25. The molecule has 0 saturated carbocycles. The Morgan fingerprint density at radius 3 is 2.85 bits per heavy atom. The van der Waals surface area contributed by atoms with Gasteiger partial charge in [-0.05, 0) is 36.9 Å². The first-order chi connectivity index (χ1) is 13.0. The van der Waals surface area contributed by atoms with Crippen LogP contribution in [0.4, 0.5) is 8.78 Å². The Morgan fingerprint density at radius 1 is 1.33 bits per heavy atom. The molecule has 0 aliphatic rings. The third-order valence-corrected chi connectivity index (χ3v) is 4.44. The van der Waals surface area contributed by atoms with E-state index in [-0.39, 0.29) is 11.8 Å². The second-order valence-corrected chi connectivity index (χ2v) is 6.56. The van der Waals surface area contributed by atoms with Crippen molar-refractivity contribution < 1.29 is 17.9 Å². The molecule has 0 radical (unpaired) electrons. The quantitative estimate of drug-likeness (QED) is 0.405. The summed E-state index contributed by atoms with van der Waals surface area (Å²) in [7, 11) is 0. The van der Waals surface area contributed by atoms with Crippen molar-refractivity contribution in [2.24, 2.45) is 5.10 Å². The number of aromatic nitrogens is 3. The minimum Gasteiger partial charge on any atom is -0.484 e. The summed E-state index contributed by atoms with van der Waals surface area (Å²) in [5.74, 6) is 0.977. The van der Waals surface area contributed by atoms with Crippen LogP contribution < -0.4 is 4.74 Å². The summed E-state index contributed by atoms with van der Waals surface area (Å²) in [6.07, 6.45) is 0.235. The molecule has 0 aliphatic heterocycles.